The second-order valence-electron chi connectivity index (χ2n) is 3.97. The van der Waals surface area contributed by atoms with Crippen molar-refractivity contribution in [3.63, 3.8) is 0 Å². The second-order valence-corrected chi connectivity index (χ2v) is 3.97. The zero-order chi connectivity index (χ0) is 11.3. The van der Waals surface area contributed by atoms with Gasteiger partial charge in [-0.15, -0.1) is 0 Å². The van der Waals surface area contributed by atoms with Crippen LogP contribution in [0.1, 0.15) is 32.1 Å². The fourth-order valence-corrected chi connectivity index (χ4v) is 2.10. The van der Waals surface area contributed by atoms with Crippen LogP contribution in [0.4, 0.5) is 4.79 Å². The number of nitrogens with one attached hydrogen (secondary N) is 2. The van der Waals surface area contributed by atoms with E-state index in [9.17, 15) is 4.79 Å². The van der Waals surface area contributed by atoms with Crippen molar-refractivity contribution in [1.82, 2.24) is 5.32 Å². The Bertz CT molecular complexity index is 237. The molecule has 1 saturated carbocycles. The van der Waals surface area contributed by atoms with E-state index in [0.717, 1.165) is 25.7 Å². The van der Waals surface area contributed by atoms with Gasteiger partial charge in [0.2, 0.25) is 0 Å². The molecule has 1 unspecified atom stereocenters. The number of carbonyl (C=O) groups is 1. The van der Waals surface area contributed by atoms with Crippen LogP contribution in [0.15, 0.2) is 0 Å². The highest BCUT2D eigenvalue weighted by Crippen LogP contribution is 2.26. The van der Waals surface area contributed by atoms with Gasteiger partial charge in [0.1, 0.15) is 5.84 Å². The van der Waals surface area contributed by atoms with Crippen LogP contribution < -0.4 is 11.1 Å². The number of methoxy groups -OCH3 is 1. The Kier molecular flexibility index (Phi) is 4.39. The van der Waals surface area contributed by atoms with Gasteiger partial charge in [-0.1, -0.05) is 19.3 Å². The molecule has 0 bridgehead atoms. The van der Waals surface area contributed by atoms with Gasteiger partial charge in [-0.2, -0.15) is 0 Å². The van der Waals surface area contributed by atoms with E-state index in [0.29, 0.717) is 0 Å². The number of hydrogen-bond acceptors (Lipinski definition) is 3. The number of carbonyl (C=O) groups excluding carboxylic acids is 1. The average Bonchev–Trinajstić information content (AvgIpc) is 2.26. The van der Waals surface area contributed by atoms with Crippen molar-refractivity contribution < 1.29 is 9.53 Å². The Morgan fingerprint density at radius 1 is 1.47 bits per heavy atom. The number of rotatable bonds is 3. The lowest BCUT2D eigenvalue weighted by molar-refractivity contribution is 0.163. The molecule has 0 radical (unpaired) electrons. The first kappa shape index (κ1) is 11.8. The monoisotopic (exact) mass is 213 g/mol. The standard InChI is InChI=1S/C10H19N3O2/c1-15-10(14)13-8(9(11)12)7-5-3-2-4-6-7/h7-8H,2-6H2,1H3,(H3,11,12)(H,13,14). The van der Waals surface area contributed by atoms with Gasteiger partial charge in [-0.25, -0.2) is 4.79 Å². The van der Waals surface area contributed by atoms with Crippen molar-refractivity contribution in [2.75, 3.05) is 7.11 Å². The van der Waals surface area contributed by atoms with E-state index in [1.807, 2.05) is 0 Å². The molecule has 1 aliphatic carbocycles. The minimum atomic E-state index is -0.513. The molecule has 5 nitrogen and oxygen atoms in total. The highest BCUT2D eigenvalue weighted by molar-refractivity contribution is 5.86. The summed E-state index contributed by atoms with van der Waals surface area (Å²) in [6.07, 6.45) is 5.07. The third kappa shape index (κ3) is 3.42. The van der Waals surface area contributed by atoms with Gasteiger partial charge in [0.05, 0.1) is 13.2 Å². The molecule has 1 fully saturated rings. The largest absolute Gasteiger partial charge is 0.453 e. The Morgan fingerprint density at radius 3 is 2.53 bits per heavy atom. The SMILES string of the molecule is COC(=O)NC(C(=N)N)C1CCCCC1. The number of amides is 1. The Balaban J connectivity index is 2.55. The van der Waals surface area contributed by atoms with E-state index in [1.165, 1.54) is 13.5 Å². The lowest BCUT2D eigenvalue weighted by atomic mass is 9.83. The molecule has 86 valence electrons. The first-order valence-electron chi connectivity index (χ1n) is 5.33. The predicted octanol–water partition coefficient (Wildman–Crippen LogP) is 1.23. The van der Waals surface area contributed by atoms with Crippen molar-refractivity contribution in [2.24, 2.45) is 11.7 Å². The molecule has 0 aromatic heterocycles. The lowest BCUT2D eigenvalue weighted by Crippen LogP contribution is -2.49. The second kappa shape index (κ2) is 5.58. The number of hydrogen-bond donors (Lipinski definition) is 3. The fraction of sp³-hybridized carbons (Fsp3) is 0.800. The van der Waals surface area contributed by atoms with Gasteiger partial charge in [-0.3, -0.25) is 5.41 Å². The molecule has 4 N–H and O–H groups in total. The van der Waals surface area contributed by atoms with Gasteiger partial charge in [0, 0.05) is 0 Å². The van der Waals surface area contributed by atoms with Crippen LogP contribution in [0.5, 0.6) is 0 Å². The molecule has 1 aliphatic rings. The molecular formula is C10H19N3O2. The van der Waals surface area contributed by atoms with Crippen molar-refractivity contribution in [3.8, 4) is 0 Å². The van der Waals surface area contributed by atoms with E-state index >= 15 is 0 Å². The van der Waals surface area contributed by atoms with E-state index in [4.69, 9.17) is 11.1 Å². The Hall–Kier alpha value is -1.26. The van der Waals surface area contributed by atoms with Crippen LogP contribution in [0.25, 0.3) is 0 Å². The summed E-state index contributed by atoms with van der Waals surface area (Å²) >= 11 is 0. The van der Waals surface area contributed by atoms with Gasteiger partial charge >= 0.3 is 6.09 Å². The van der Waals surface area contributed by atoms with Gasteiger partial charge in [0.15, 0.2) is 0 Å². The average molecular weight is 213 g/mol. The summed E-state index contributed by atoms with van der Waals surface area (Å²) in [4.78, 5) is 11.1. The molecule has 0 saturated heterocycles. The van der Waals surface area contributed by atoms with Crippen LogP contribution >= 0.6 is 0 Å². The van der Waals surface area contributed by atoms with Gasteiger partial charge in [-0.05, 0) is 18.8 Å². The topological polar surface area (TPSA) is 88.2 Å². The minimum Gasteiger partial charge on any atom is -0.453 e. The molecule has 15 heavy (non-hydrogen) atoms. The zero-order valence-corrected chi connectivity index (χ0v) is 9.08. The van der Waals surface area contributed by atoms with Crippen molar-refractivity contribution in [3.05, 3.63) is 0 Å². The molecule has 1 rings (SSSR count). The number of ether oxygens (including phenoxy) is 1. The third-order valence-electron chi connectivity index (χ3n) is 2.92. The first-order valence-corrected chi connectivity index (χ1v) is 5.33. The van der Waals surface area contributed by atoms with Gasteiger partial charge < -0.3 is 15.8 Å². The van der Waals surface area contributed by atoms with Crippen LogP contribution in [-0.2, 0) is 4.74 Å². The third-order valence-corrected chi connectivity index (χ3v) is 2.92. The summed E-state index contributed by atoms with van der Waals surface area (Å²) in [5, 5.41) is 10.1. The van der Waals surface area contributed by atoms with Crippen LogP contribution in [0.2, 0.25) is 0 Å². The normalized spacial score (nSPS) is 19.3. The fourth-order valence-electron chi connectivity index (χ4n) is 2.10. The van der Waals surface area contributed by atoms with Crippen LogP contribution in [0, 0.1) is 11.3 Å². The summed E-state index contributed by atoms with van der Waals surface area (Å²) in [5.74, 6) is 0.308. The molecule has 5 heteroatoms. The smallest absolute Gasteiger partial charge is 0.407 e. The Labute approximate surface area is 89.9 Å². The molecule has 1 amide bonds. The predicted molar refractivity (Wildman–Crippen MR) is 57.8 cm³/mol. The van der Waals surface area contributed by atoms with Crippen molar-refractivity contribution in [1.29, 1.82) is 5.41 Å². The molecule has 1 atom stereocenters. The van der Waals surface area contributed by atoms with E-state index < -0.39 is 6.09 Å². The summed E-state index contributed by atoms with van der Waals surface area (Å²) < 4.78 is 4.52. The molecule has 0 aromatic rings. The molecule has 0 spiro atoms. The Morgan fingerprint density at radius 2 is 2.07 bits per heavy atom. The van der Waals surface area contributed by atoms with E-state index in [-0.39, 0.29) is 17.8 Å². The molecule has 0 heterocycles. The number of nitrogens with two attached hydrogens (primary N) is 1. The summed E-state index contributed by atoms with van der Waals surface area (Å²) in [7, 11) is 1.31. The quantitative estimate of drug-likeness (QED) is 0.486. The van der Waals surface area contributed by atoms with Crippen molar-refractivity contribution >= 4 is 11.9 Å². The summed E-state index contributed by atoms with van der Waals surface area (Å²) in [6.45, 7) is 0. The lowest BCUT2D eigenvalue weighted by Gasteiger charge is -2.29. The number of amidine groups is 1. The summed E-state index contributed by atoms with van der Waals surface area (Å²) in [6, 6.07) is -0.363. The maximum absolute atomic E-state index is 11.1. The van der Waals surface area contributed by atoms with Crippen LogP contribution in [-0.4, -0.2) is 25.1 Å². The highest BCUT2D eigenvalue weighted by Gasteiger charge is 2.27. The molecule has 0 aliphatic heterocycles. The number of alkyl carbamates (subject to hydrolysis) is 1. The maximum atomic E-state index is 11.1. The first-order chi connectivity index (χ1) is 7.15. The maximum Gasteiger partial charge on any atom is 0.407 e. The van der Waals surface area contributed by atoms with E-state index in [1.54, 1.807) is 0 Å². The van der Waals surface area contributed by atoms with E-state index in [2.05, 4.69) is 10.1 Å². The highest BCUT2D eigenvalue weighted by atomic mass is 16.5. The summed E-state index contributed by atoms with van der Waals surface area (Å²) in [5.41, 5.74) is 5.48. The van der Waals surface area contributed by atoms with Gasteiger partial charge in [0.25, 0.3) is 0 Å². The minimum absolute atomic E-state index is 0.0206. The van der Waals surface area contributed by atoms with Crippen LogP contribution in [0.3, 0.4) is 0 Å². The molecular weight excluding hydrogens is 194 g/mol. The molecule has 0 aromatic carbocycles. The zero-order valence-electron chi connectivity index (χ0n) is 9.08. The van der Waals surface area contributed by atoms with Crippen molar-refractivity contribution in [2.45, 2.75) is 38.1 Å².